The summed E-state index contributed by atoms with van der Waals surface area (Å²) in [6.45, 7) is 15.2. The first-order valence-corrected chi connectivity index (χ1v) is 19.1. The normalized spacial score (nSPS) is 16.0. The number of rotatable bonds is 12. The van der Waals surface area contributed by atoms with Crippen LogP contribution in [0.3, 0.4) is 0 Å². The highest BCUT2D eigenvalue weighted by molar-refractivity contribution is 6.23. The lowest BCUT2D eigenvalue weighted by Gasteiger charge is -2.28. The van der Waals surface area contributed by atoms with Crippen LogP contribution in [0.4, 0.5) is 0 Å². The van der Waals surface area contributed by atoms with Crippen molar-refractivity contribution >= 4 is 68.8 Å². The van der Waals surface area contributed by atoms with Gasteiger partial charge in [0.25, 0.3) is 17.7 Å². The van der Waals surface area contributed by atoms with Gasteiger partial charge in [-0.25, -0.2) is 9.97 Å². The van der Waals surface area contributed by atoms with Crippen molar-refractivity contribution in [3.8, 4) is 0 Å². The number of aromatic amines is 2. The molecule has 8 bridgehead atoms. The maximum atomic E-state index is 14.8. The number of methoxy groups -OCH3 is 1. The largest absolute Gasteiger partial charge is 0.469 e. The molecule has 0 radical (unpaired) electrons. The number of H-pyrrole nitrogens is 2. The van der Waals surface area contributed by atoms with Crippen molar-refractivity contribution in [3.05, 3.63) is 81.7 Å². The molecule has 6 rings (SSSR count). The van der Waals surface area contributed by atoms with Crippen molar-refractivity contribution in [2.24, 2.45) is 0 Å². The van der Waals surface area contributed by atoms with E-state index in [4.69, 9.17) is 14.7 Å². The van der Waals surface area contributed by atoms with E-state index >= 15 is 0 Å². The SMILES string of the molecule is C=CC1=C(C)c2cc3[nH]c(c4c5[nH]c(cc6nc(cc1n2)C(C)=C6CC)c(C)c5C(=O)N(NC(=O)C(CCC(=O)NCC)NC(C)=O)C4=O)[C@@H](CCC(=O)OC)C3. The van der Waals surface area contributed by atoms with Gasteiger partial charge in [-0.15, -0.1) is 0 Å². The molecule has 0 spiro atoms. The number of ether oxygens (including phenoxy) is 1. The lowest BCUT2D eigenvalue weighted by Crippen LogP contribution is -2.57. The summed E-state index contributed by atoms with van der Waals surface area (Å²) in [4.78, 5) is 96.8. The molecule has 0 aliphatic carbocycles. The summed E-state index contributed by atoms with van der Waals surface area (Å²) in [6.07, 6.45) is 3.01. The Hall–Kier alpha value is -6.38. The average molecular weight is 777 g/mol. The maximum absolute atomic E-state index is 14.8. The van der Waals surface area contributed by atoms with E-state index in [1.54, 1.807) is 19.9 Å². The Labute approximate surface area is 330 Å². The Balaban J connectivity index is 1.61. The van der Waals surface area contributed by atoms with Gasteiger partial charge in [0.15, 0.2) is 0 Å². The van der Waals surface area contributed by atoms with Crippen LogP contribution in [0.1, 0.15) is 133 Å². The van der Waals surface area contributed by atoms with Gasteiger partial charge in [-0.1, -0.05) is 19.6 Å². The molecule has 0 aromatic carbocycles. The highest BCUT2D eigenvalue weighted by Gasteiger charge is 2.41. The summed E-state index contributed by atoms with van der Waals surface area (Å²) < 4.78 is 4.96. The fraction of sp³-hybridized carbons (Fsp3) is 0.381. The minimum atomic E-state index is -1.24. The van der Waals surface area contributed by atoms with Crippen LogP contribution in [0.5, 0.6) is 0 Å². The van der Waals surface area contributed by atoms with Crippen LogP contribution in [0, 0.1) is 6.92 Å². The number of nitrogens with one attached hydrogen (secondary N) is 5. The molecule has 298 valence electrons. The highest BCUT2D eigenvalue weighted by atomic mass is 16.5. The number of esters is 1. The molecule has 2 aromatic rings. The minimum Gasteiger partial charge on any atom is -0.469 e. The summed E-state index contributed by atoms with van der Waals surface area (Å²) >= 11 is 0. The van der Waals surface area contributed by atoms with E-state index in [-0.39, 0.29) is 41.8 Å². The van der Waals surface area contributed by atoms with Crippen LogP contribution >= 0.6 is 0 Å². The summed E-state index contributed by atoms with van der Waals surface area (Å²) in [5.74, 6) is -4.19. The molecule has 0 saturated carbocycles. The Morgan fingerprint density at radius 3 is 2.33 bits per heavy atom. The van der Waals surface area contributed by atoms with E-state index in [0.29, 0.717) is 70.4 Å². The Kier molecular flexibility index (Phi) is 11.6. The molecule has 2 atom stereocenters. The van der Waals surface area contributed by atoms with E-state index in [2.05, 4.69) is 32.6 Å². The second kappa shape index (κ2) is 16.4. The molecule has 0 fully saturated rings. The van der Waals surface area contributed by atoms with E-state index in [0.717, 1.165) is 28.0 Å². The Morgan fingerprint density at radius 1 is 0.965 bits per heavy atom. The predicted octanol–water partition coefficient (Wildman–Crippen LogP) is 5.13. The zero-order valence-corrected chi connectivity index (χ0v) is 33.3. The number of imide groups is 1. The fourth-order valence-corrected chi connectivity index (χ4v) is 7.82. The quantitative estimate of drug-likeness (QED) is 0.143. The molecule has 15 nitrogen and oxygen atoms in total. The predicted molar refractivity (Wildman–Crippen MR) is 214 cm³/mol. The summed E-state index contributed by atoms with van der Waals surface area (Å²) in [5, 5.41) is 5.86. The third kappa shape index (κ3) is 7.73. The zero-order valence-electron chi connectivity index (χ0n) is 33.3. The lowest BCUT2D eigenvalue weighted by atomic mass is 9.91. The lowest BCUT2D eigenvalue weighted by molar-refractivity contribution is -0.140. The fourth-order valence-electron chi connectivity index (χ4n) is 7.82. The van der Waals surface area contributed by atoms with Gasteiger partial charge in [0.1, 0.15) is 6.04 Å². The van der Waals surface area contributed by atoms with Crippen LogP contribution in [0.2, 0.25) is 0 Å². The third-order valence-electron chi connectivity index (χ3n) is 10.8. The Bertz CT molecular complexity index is 2380. The van der Waals surface area contributed by atoms with Crippen LogP contribution in [-0.2, 0) is 30.3 Å². The summed E-state index contributed by atoms with van der Waals surface area (Å²) in [7, 11) is 1.31. The second-order valence-corrected chi connectivity index (χ2v) is 14.4. The molecule has 1 unspecified atom stereocenters. The van der Waals surface area contributed by atoms with Crippen LogP contribution < -0.4 is 16.1 Å². The molecule has 57 heavy (non-hydrogen) atoms. The second-order valence-electron chi connectivity index (χ2n) is 14.4. The number of hydrazine groups is 1. The van der Waals surface area contributed by atoms with Crippen molar-refractivity contribution in [2.45, 2.75) is 92.0 Å². The number of fused-ring (bicyclic) bond motifs is 8. The van der Waals surface area contributed by atoms with Crippen molar-refractivity contribution in [1.29, 1.82) is 0 Å². The number of amides is 5. The number of aromatic nitrogens is 4. The van der Waals surface area contributed by atoms with E-state index in [9.17, 15) is 28.8 Å². The van der Waals surface area contributed by atoms with Crippen molar-refractivity contribution in [1.82, 2.24) is 41.0 Å². The van der Waals surface area contributed by atoms with Crippen LogP contribution in [0.15, 0.2) is 30.9 Å². The number of hydrogen-bond donors (Lipinski definition) is 5. The minimum absolute atomic E-state index is 0.0530. The molecule has 5 amide bonds. The molecule has 15 heteroatoms. The smallest absolute Gasteiger partial charge is 0.305 e. The first-order chi connectivity index (χ1) is 27.2. The van der Waals surface area contributed by atoms with E-state index < -0.39 is 41.6 Å². The molecule has 0 saturated heterocycles. The molecule has 2 aromatic heterocycles. The standard InChI is InChI=1S/C42H48N8O7/c1-9-26-20(4)29-17-25-16-24(12-15-35(53)57-8)38(45-25)37-39-36(22(6)31(48-39)19-33-27(10-2)21(5)30(47-33)18-32(26)46-29)41(55)50(42(37)56)49-40(54)28(44-23(7)51)13-14-34(52)43-11-3/h9,17-19,24,28,45,48H,1,10-16H2,2-8H3,(H,43,52)(H,44,51)(H,49,54)/t24-,28?/m0/s1. The number of aryl methyl sites for hydroxylation is 1. The van der Waals surface area contributed by atoms with Crippen LogP contribution in [-0.4, -0.2) is 80.1 Å². The van der Waals surface area contributed by atoms with Gasteiger partial charge in [0.2, 0.25) is 11.8 Å². The highest BCUT2D eigenvalue weighted by Crippen LogP contribution is 2.40. The first kappa shape index (κ1) is 40.3. The van der Waals surface area contributed by atoms with Crippen LogP contribution in [0.25, 0.3) is 33.3 Å². The number of carbonyl (C=O) groups excluding carboxylic acids is 6. The molecule has 4 aliphatic rings. The zero-order chi connectivity index (χ0) is 41.3. The summed E-state index contributed by atoms with van der Waals surface area (Å²) in [6, 6.07) is 4.47. The van der Waals surface area contributed by atoms with Crippen molar-refractivity contribution in [3.63, 3.8) is 0 Å². The molecule has 5 N–H and O–H groups in total. The monoisotopic (exact) mass is 776 g/mol. The number of carbonyl (C=O) groups is 6. The van der Waals surface area contributed by atoms with Gasteiger partial charge in [0.05, 0.1) is 46.5 Å². The van der Waals surface area contributed by atoms with Gasteiger partial charge in [-0.3, -0.25) is 34.2 Å². The number of nitrogens with zero attached hydrogens (tertiary/aromatic N) is 3. The maximum Gasteiger partial charge on any atom is 0.305 e. The summed E-state index contributed by atoms with van der Waals surface area (Å²) in [5.41, 5.74) is 11.7. The average Bonchev–Trinajstić information content (AvgIpc) is 3.89. The molecular weight excluding hydrogens is 729 g/mol. The van der Waals surface area contributed by atoms with Gasteiger partial charge in [-0.05, 0) is 93.9 Å². The van der Waals surface area contributed by atoms with Crippen molar-refractivity contribution in [2.75, 3.05) is 13.7 Å². The first-order valence-electron chi connectivity index (χ1n) is 19.1. The van der Waals surface area contributed by atoms with Gasteiger partial charge >= 0.3 is 5.97 Å². The van der Waals surface area contributed by atoms with E-state index in [1.807, 2.05) is 39.0 Å². The topological polar surface area (TPSA) is 208 Å². The van der Waals surface area contributed by atoms with Gasteiger partial charge in [-0.2, -0.15) is 5.01 Å². The molecular formula is C42H48N8O7. The molecule has 6 heterocycles. The van der Waals surface area contributed by atoms with Crippen molar-refractivity contribution < 1.29 is 33.5 Å². The number of allylic oxidation sites excluding steroid dienone is 5. The van der Waals surface area contributed by atoms with E-state index in [1.165, 1.54) is 14.0 Å². The van der Waals surface area contributed by atoms with Gasteiger partial charge in [0, 0.05) is 54.7 Å². The molecule has 4 aliphatic heterocycles. The number of hydrogen-bond acceptors (Lipinski definition) is 9. The van der Waals surface area contributed by atoms with Gasteiger partial charge < -0.3 is 25.3 Å². The third-order valence-corrected chi connectivity index (χ3v) is 10.8. The Morgan fingerprint density at radius 2 is 1.67 bits per heavy atom.